The van der Waals surface area contributed by atoms with Crippen molar-refractivity contribution in [3.63, 3.8) is 0 Å². The number of ether oxygens (including phenoxy) is 2. The predicted molar refractivity (Wildman–Crippen MR) is 222 cm³/mol. The van der Waals surface area contributed by atoms with Crippen LogP contribution >= 0.6 is 118 Å². The molecule has 48 heavy (non-hydrogen) atoms. The first-order valence-electron chi connectivity index (χ1n) is 15.3. The SMILES string of the molecule is C=C(CC(=O)O)C(=O)OC(CSCC1CSC(CSCC(CSCC2SCCS2)OC(=O)C(=C)CC(=O)O)CS1)CSCC1SCCS1. The average Bonchev–Trinajstić information content (AvgIpc) is 3.76. The van der Waals surface area contributed by atoms with E-state index in [9.17, 15) is 19.2 Å². The van der Waals surface area contributed by atoms with E-state index in [1.54, 1.807) is 47.0 Å². The van der Waals surface area contributed by atoms with Crippen LogP contribution in [0.15, 0.2) is 24.3 Å². The molecule has 0 spiro atoms. The summed E-state index contributed by atoms with van der Waals surface area (Å²) in [4.78, 5) is 47.0. The Morgan fingerprint density at radius 1 is 0.583 bits per heavy atom. The summed E-state index contributed by atoms with van der Waals surface area (Å²) < 4.78 is 12.6. The number of hydrogen-bond donors (Lipinski definition) is 2. The summed E-state index contributed by atoms with van der Waals surface area (Å²) >= 11 is 19.0. The fraction of sp³-hybridized carbons (Fsp3) is 0.733. The van der Waals surface area contributed by atoms with Crippen LogP contribution in [0.5, 0.6) is 0 Å². The van der Waals surface area contributed by atoms with Crippen LogP contribution in [0.1, 0.15) is 12.8 Å². The van der Waals surface area contributed by atoms with Crippen LogP contribution in [0, 0.1) is 0 Å². The third-order valence-corrected chi connectivity index (χ3v) is 22.0. The highest BCUT2D eigenvalue weighted by Crippen LogP contribution is 2.37. The van der Waals surface area contributed by atoms with Crippen molar-refractivity contribution in [1.82, 2.24) is 0 Å². The van der Waals surface area contributed by atoms with E-state index >= 15 is 0 Å². The highest BCUT2D eigenvalue weighted by molar-refractivity contribution is 8.21. The summed E-state index contributed by atoms with van der Waals surface area (Å²) in [6.45, 7) is 7.22. The van der Waals surface area contributed by atoms with E-state index in [2.05, 4.69) is 13.2 Å². The zero-order valence-electron chi connectivity index (χ0n) is 26.6. The molecule has 0 aromatic heterocycles. The Morgan fingerprint density at radius 3 is 1.23 bits per heavy atom. The maximum Gasteiger partial charge on any atom is 0.334 e. The molecule has 3 saturated heterocycles. The first-order chi connectivity index (χ1) is 23.1. The van der Waals surface area contributed by atoms with Gasteiger partial charge in [0.25, 0.3) is 0 Å². The fourth-order valence-electron chi connectivity index (χ4n) is 4.25. The number of esters is 2. The van der Waals surface area contributed by atoms with E-state index in [0.717, 1.165) is 34.5 Å². The molecule has 4 atom stereocenters. The van der Waals surface area contributed by atoms with E-state index in [1.807, 2.05) is 70.6 Å². The number of carbonyl (C=O) groups excluding carboxylic acids is 2. The van der Waals surface area contributed by atoms with Crippen LogP contribution < -0.4 is 0 Å². The molecule has 0 saturated carbocycles. The highest BCUT2D eigenvalue weighted by atomic mass is 32.2. The monoisotopic (exact) mass is 852 g/mol. The number of carboxylic acids is 2. The smallest absolute Gasteiger partial charge is 0.334 e. The van der Waals surface area contributed by atoms with Crippen LogP contribution in [-0.4, -0.2) is 147 Å². The van der Waals surface area contributed by atoms with Crippen molar-refractivity contribution in [2.24, 2.45) is 0 Å². The van der Waals surface area contributed by atoms with Crippen molar-refractivity contribution in [3.8, 4) is 0 Å². The molecule has 0 aliphatic carbocycles. The first-order valence-corrected chi connectivity index (χ1v) is 26.2. The second kappa shape index (κ2) is 25.0. The van der Waals surface area contributed by atoms with Gasteiger partial charge < -0.3 is 19.7 Å². The number of carboxylic acid groups (broad SMARTS) is 2. The summed E-state index contributed by atoms with van der Waals surface area (Å²) in [7, 11) is 0. The van der Waals surface area contributed by atoms with E-state index in [4.69, 9.17) is 19.7 Å². The fourth-order valence-corrected chi connectivity index (χ4v) is 19.3. The lowest BCUT2D eigenvalue weighted by Crippen LogP contribution is -2.28. The molecular weight excluding hydrogens is 809 g/mol. The molecule has 3 heterocycles. The summed E-state index contributed by atoms with van der Waals surface area (Å²) in [6.07, 6.45) is -1.42. The number of aliphatic carboxylic acids is 2. The zero-order chi connectivity index (χ0) is 34.7. The van der Waals surface area contributed by atoms with Gasteiger partial charge in [-0.3, -0.25) is 9.59 Å². The molecule has 4 unspecified atom stereocenters. The number of thioether (sulfide) groups is 10. The molecule has 18 heteroatoms. The molecule has 0 amide bonds. The molecule has 0 bridgehead atoms. The first kappa shape index (κ1) is 43.3. The van der Waals surface area contributed by atoms with Crippen molar-refractivity contribution in [2.45, 2.75) is 44.7 Å². The molecule has 3 fully saturated rings. The number of hydrogen-bond acceptors (Lipinski definition) is 16. The molecule has 0 aromatic rings. The van der Waals surface area contributed by atoms with Gasteiger partial charge in [-0.2, -0.15) is 70.6 Å². The maximum atomic E-state index is 12.5. The van der Waals surface area contributed by atoms with Crippen molar-refractivity contribution in [2.75, 3.05) is 80.5 Å². The lowest BCUT2D eigenvalue weighted by molar-refractivity contribution is -0.145. The number of rotatable bonds is 24. The van der Waals surface area contributed by atoms with Gasteiger partial charge in [-0.1, -0.05) is 13.2 Å². The van der Waals surface area contributed by atoms with Crippen LogP contribution in [0.3, 0.4) is 0 Å². The summed E-state index contributed by atoms with van der Waals surface area (Å²) in [5, 5.41) is 19.0. The lowest BCUT2D eigenvalue weighted by atomic mass is 10.2. The lowest BCUT2D eigenvalue weighted by Gasteiger charge is -2.28. The Labute approximate surface area is 327 Å². The average molecular weight is 853 g/mol. The predicted octanol–water partition coefficient (Wildman–Crippen LogP) is 6.63. The minimum Gasteiger partial charge on any atom is -0.481 e. The highest BCUT2D eigenvalue weighted by Gasteiger charge is 2.26. The molecule has 3 aliphatic heterocycles. The largest absolute Gasteiger partial charge is 0.481 e. The van der Waals surface area contributed by atoms with E-state index in [0.29, 0.717) is 42.7 Å². The van der Waals surface area contributed by atoms with E-state index in [1.165, 1.54) is 23.0 Å². The van der Waals surface area contributed by atoms with Crippen molar-refractivity contribution in [1.29, 1.82) is 0 Å². The third kappa shape index (κ3) is 18.6. The molecule has 2 N–H and O–H groups in total. The van der Waals surface area contributed by atoms with Crippen LogP contribution in [0.25, 0.3) is 0 Å². The van der Waals surface area contributed by atoms with Gasteiger partial charge in [0, 0.05) is 102 Å². The van der Waals surface area contributed by atoms with Gasteiger partial charge in [-0.25, -0.2) is 9.59 Å². The molecule has 8 nitrogen and oxygen atoms in total. The Hall–Kier alpha value is 0.860. The molecular formula is C30H44O8S10. The van der Waals surface area contributed by atoms with Gasteiger partial charge in [0.15, 0.2) is 0 Å². The zero-order valence-corrected chi connectivity index (χ0v) is 34.8. The summed E-state index contributed by atoms with van der Waals surface area (Å²) in [5.74, 6) is 9.96. The molecule has 3 rings (SSSR count). The Bertz CT molecular complexity index is 980. The maximum absolute atomic E-state index is 12.5. The molecule has 0 aromatic carbocycles. The van der Waals surface area contributed by atoms with Crippen molar-refractivity contribution in [3.05, 3.63) is 24.3 Å². The normalized spacial score (nSPS) is 21.4. The minimum atomic E-state index is -1.09. The van der Waals surface area contributed by atoms with Crippen molar-refractivity contribution >= 4 is 141 Å². The van der Waals surface area contributed by atoms with Crippen molar-refractivity contribution < 1.29 is 38.9 Å². The summed E-state index contributed by atoms with van der Waals surface area (Å²) in [5.41, 5.74) is -0.0524. The summed E-state index contributed by atoms with van der Waals surface area (Å²) in [6, 6.07) is 0. The Kier molecular flexibility index (Phi) is 22.5. The molecule has 272 valence electrons. The molecule has 3 aliphatic rings. The van der Waals surface area contributed by atoms with Gasteiger partial charge in [0.2, 0.25) is 0 Å². The second-order valence-electron chi connectivity index (χ2n) is 10.8. The Balaban J connectivity index is 1.37. The minimum absolute atomic E-state index is 0.0262. The van der Waals surface area contributed by atoms with Crippen LogP contribution in [0.4, 0.5) is 0 Å². The van der Waals surface area contributed by atoms with Crippen LogP contribution in [0.2, 0.25) is 0 Å². The van der Waals surface area contributed by atoms with Crippen LogP contribution in [-0.2, 0) is 28.7 Å². The number of carbonyl (C=O) groups is 4. The van der Waals surface area contributed by atoms with Gasteiger partial charge in [-0.05, 0) is 0 Å². The van der Waals surface area contributed by atoms with Gasteiger partial charge in [0.1, 0.15) is 12.2 Å². The van der Waals surface area contributed by atoms with Gasteiger partial charge in [0.05, 0.1) is 22.0 Å². The van der Waals surface area contributed by atoms with Gasteiger partial charge in [-0.15, -0.1) is 47.0 Å². The standard InChI is InChI=1S/C30H44O8S10/c1-19(7-25(31)32)29(35)37-21(11-41-17-27-43-3-4-44-27)9-39-13-23-15-48-24(16-47-23)14-40-10-22(12-42-18-28-45-5-6-46-28)38-30(36)20(2)8-26(33)34/h21-24,27-28H,1-18H2,(H,31,32)(H,33,34). The quantitative estimate of drug-likeness (QED) is 0.0796. The van der Waals surface area contributed by atoms with E-state index in [-0.39, 0.29) is 23.4 Å². The third-order valence-electron chi connectivity index (χ3n) is 6.60. The van der Waals surface area contributed by atoms with E-state index < -0.39 is 36.7 Å². The molecule has 0 radical (unpaired) electrons. The Morgan fingerprint density at radius 2 is 0.917 bits per heavy atom. The second-order valence-corrected chi connectivity index (χ2v) is 23.6. The topological polar surface area (TPSA) is 127 Å². The van der Waals surface area contributed by atoms with Gasteiger partial charge >= 0.3 is 23.9 Å².